The molecule has 0 fully saturated rings. The number of benzene rings is 3. The Morgan fingerprint density at radius 2 is 1.04 bits per heavy atom. The van der Waals surface area contributed by atoms with Crippen molar-refractivity contribution in [1.82, 2.24) is 0 Å². The van der Waals surface area contributed by atoms with Crippen LogP contribution in [0.1, 0.15) is 33.9 Å². The average Bonchev–Trinajstić information content (AvgIpc) is 2.72. The maximum Gasteiger partial charge on any atom is 0.537 e. The van der Waals surface area contributed by atoms with Crippen LogP contribution in [0.2, 0.25) is 0 Å². The molecule has 0 N–H and O–H groups in total. The molecule has 4 heteroatoms. The van der Waals surface area contributed by atoms with Crippen molar-refractivity contribution in [2.24, 2.45) is 0 Å². The first-order valence-electron chi connectivity index (χ1n) is 9.47. The molecule has 0 unspecified atom stereocenters. The molecule has 3 nitrogen and oxygen atoms in total. The van der Waals surface area contributed by atoms with Crippen molar-refractivity contribution in [3.63, 3.8) is 0 Å². The van der Waals surface area contributed by atoms with Crippen molar-refractivity contribution < 1.29 is 13.3 Å². The predicted molar refractivity (Wildman–Crippen MR) is 116 cm³/mol. The first-order valence-corrected chi connectivity index (χ1v) is 11.2. The Kier molecular flexibility index (Phi) is 6.47. The Balaban J connectivity index is 2.16. The normalized spacial score (nSPS) is 11.8. The minimum Gasteiger partial charge on any atom is -0.373 e. The van der Waals surface area contributed by atoms with Crippen molar-refractivity contribution in [1.29, 1.82) is 0 Å². The van der Waals surface area contributed by atoms with E-state index in [1.807, 2.05) is 42.5 Å². The fourth-order valence-electron chi connectivity index (χ4n) is 3.59. The lowest BCUT2D eigenvalue weighted by atomic mass is 9.95. The van der Waals surface area contributed by atoms with E-state index in [1.54, 1.807) is 14.2 Å². The van der Waals surface area contributed by atoms with Gasteiger partial charge in [-0.3, -0.25) is 0 Å². The molecule has 146 valence electrons. The van der Waals surface area contributed by atoms with Crippen molar-refractivity contribution in [2.75, 3.05) is 14.2 Å². The van der Waals surface area contributed by atoms with Crippen LogP contribution in [0, 0.1) is 20.8 Å². The lowest BCUT2D eigenvalue weighted by Crippen LogP contribution is -2.57. The Hall–Kier alpha value is -2.24. The summed E-state index contributed by atoms with van der Waals surface area (Å²) in [5.74, 6) is 0. The SMILES string of the molecule is CO[Si](OC)(OC(c1ccccc1C)c1ccccc1C)c1ccccc1C. The molecule has 3 rings (SSSR count). The summed E-state index contributed by atoms with van der Waals surface area (Å²) in [5.41, 5.74) is 5.70. The molecule has 0 amide bonds. The Morgan fingerprint density at radius 1 is 0.607 bits per heavy atom. The Labute approximate surface area is 169 Å². The molecule has 0 saturated heterocycles. The summed E-state index contributed by atoms with van der Waals surface area (Å²) in [4.78, 5) is 0. The van der Waals surface area contributed by atoms with E-state index in [9.17, 15) is 0 Å². The monoisotopic (exact) mass is 392 g/mol. The van der Waals surface area contributed by atoms with Gasteiger partial charge < -0.3 is 13.3 Å². The third-order valence-electron chi connectivity index (χ3n) is 5.23. The number of rotatable bonds is 7. The summed E-state index contributed by atoms with van der Waals surface area (Å²) < 4.78 is 18.8. The van der Waals surface area contributed by atoms with E-state index in [4.69, 9.17) is 13.3 Å². The van der Waals surface area contributed by atoms with Crippen LogP contribution in [-0.4, -0.2) is 23.0 Å². The highest BCUT2D eigenvalue weighted by molar-refractivity contribution is 6.75. The minimum absolute atomic E-state index is 0.284. The molecule has 0 bridgehead atoms. The van der Waals surface area contributed by atoms with Gasteiger partial charge in [-0.2, -0.15) is 0 Å². The quantitative estimate of drug-likeness (QED) is 0.538. The highest BCUT2D eigenvalue weighted by Crippen LogP contribution is 2.33. The van der Waals surface area contributed by atoms with Gasteiger partial charge in [0.15, 0.2) is 0 Å². The first kappa shape index (κ1) is 20.5. The van der Waals surface area contributed by atoms with Crippen LogP contribution in [-0.2, 0) is 13.3 Å². The van der Waals surface area contributed by atoms with E-state index in [2.05, 4.69) is 51.1 Å². The van der Waals surface area contributed by atoms with Crippen LogP contribution in [0.15, 0.2) is 72.8 Å². The number of aryl methyl sites for hydroxylation is 3. The molecular weight excluding hydrogens is 364 g/mol. The second kappa shape index (κ2) is 8.84. The highest BCUT2D eigenvalue weighted by Gasteiger charge is 2.46. The van der Waals surface area contributed by atoms with E-state index in [0.29, 0.717) is 0 Å². The molecule has 0 aliphatic heterocycles. The highest BCUT2D eigenvalue weighted by atomic mass is 28.4. The van der Waals surface area contributed by atoms with E-state index in [1.165, 1.54) is 11.1 Å². The van der Waals surface area contributed by atoms with Gasteiger partial charge in [0.1, 0.15) is 6.10 Å². The Morgan fingerprint density at radius 3 is 1.46 bits per heavy atom. The van der Waals surface area contributed by atoms with Crippen molar-refractivity contribution >= 4 is 14.0 Å². The predicted octanol–water partition coefficient (Wildman–Crippen LogP) is 4.86. The van der Waals surface area contributed by atoms with Crippen molar-refractivity contribution in [2.45, 2.75) is 26.9 Å². The zero-order valence-corrected chi connectivity index (χ0v) is 18.2. The standard InChI is InChI=1S/C24H28O3Si/c1-18-12-6-9-15-21(18)24(22-16-10-7-13-19(22)2)27-28(25-4,26-5)23-17-11-8-14-20(23)3/h6-17,24H,1-5H3. The maximum absolute atomic E-state index is 6.83. The summed E-state index contributed by atoms with van der Waals surface area (Å²) >= 11 is 0. The summed E-state index contributed by atoms with van der Waals surface area (Å²) in [5, 5.41) is 0.993. The third-order valence-corrected chi connectivity index (χ3v) is 8.07. The maximum atomic E-state index is 6.83. The molecule has 0 aliphatic rings. The molecule has 0 atom stereocenters. The molecule has 0 saturated carbocycles. The topological polar surface area (TPSA) is 27.7 Å². The third kappa shape index (κ3) is 3.96. The number of hydrogen-bond donors (Lipinski definition) is 0. The summed E-state index contributed by atoms with van der Waals surface area (Å²) in [6, 6.07) is 24.8. The first-order chi connectivity index (χ1) is 13.5. The average molecular weight is 393 g/mol. The van der Waals surface area contributed by atoms with Crippen molar-refractivity contribution in [3.8, 4) is 0 Å². The van der Waals surface area contributed by atoms with Crippen LogP contribution in [0.3, 0.4) is 0 Å². The smallest absolute Gasteiger partial charge is 0.373 e. The molecule has 28 heavy (non-hydrogen) atoms. The van der Waals surface area contributed by atoms with Gasteiger partial charge in [-0.15, -0.1) is 0 Å². The summed E-state index contributed by atoms with van der Waals surface area (Å²) in [6.07, 6.45) is -0.284. The van der Waals surface area contributed by atoms with Gasteiger partial charge in [-0.05, 0) is 48.6 Å². The molecule has 0 heterocycles. The summed E-state index contributed by atoms with van der Waals surface area (Å²) in [6.45, 7) is 6.29. The minimum atomic E-state index is -3.14. The molecule has 0 radical (unpaired) electrons. The molecule has 3 aromatic carbocycles. The molecule has 3 aromatic rings. The fraction of sp³-hybridized carbons (Fsp3) is 0.250. The molecule has 0 spiro atoms. The molecule has 0 aromatic heterocycles. The van der Waals surface area contributed by atoms with Gasteiger partial charge in [-0.1, -0.05) is 72.8 Å². The fourth-order valence-corrected chi connectivity index (χ4v) is 5.95. The zero-order valence-electron chi connectivity index (χ0n) is 17.2. The van der Waals surface area contributed by atoms with Crippen LogP contribution < -0.4 is 5.19 Å². The van der Waals surface area contributed by atoms with E-state index in [0.717, 1.165) is 21.9 Å². The van der Waals surface area contributed by atoms with Crippen molar-refractivity contribution in [3.05, 3.63) is 101 Å². The lowest BCUT2D eigenvalue weighted by Gasteiger charge is -2.33. The van der Waals surface area contributed by atoms with Gasteiger partial charge in [0.2, 0.25) is 0 Å². The van der Waals surface area contributed by atoms with Gasteiger partial charge in [0.05, 0.1) is 0 Å². The van der Waals surface area contributed by atoms with E-state index >= 15 is 0 Å². The molecule has 0 aliphatic carbocycles. The van der Waals surface area contributed by atoms with Gasteiger partial charge in [0.25, 0.3) is 0 Å². The van der Waals surface area contributed by atoms with Crippen LogP contribution in [0.25, 0.3) is 0 Å². The van der Waals surface area contributed by atoms with E-state index < -0.39 is 8.80 Å². The second-order valence-corrected chi connectivity index (χ2v) is 9.69. The van der Waals surface area contributed by atoms with Gasteiger partial charge in [-0.25, -0.2) is 0 Å². The van der Waals surface area contributed by atoms with Gasteiger partial charge in [0, 0.05) is 19.4 Å². The number of hydrogen-bond acceptors (Lipinski definition) is 3. The summed E-state index contributed by atoms with van der Waals surface area (Å²) in [7, 11) is 0.212. The Bertz CT molecular complexity index is 889. The van der Waals surface area contributed by atoms with Crippen LogP contribution in [0.4, 0.5) is 0 Å². The second-order valence-electron chi connectivity index (χ2n) is 6.99. The van der Waals surface area contributed by atoms with Crippen LogP contribution in [0.5, 0.6) is 0 Å². The largest absolute Gasteiger partial charge is 0.537 e. The van der Waals surface area contributed by atoms with E-state index in [-0.39, 0.29) is 6.10 Å². The van der Waals surface area contributed by atoms with Gasteiger partial charge >= 0.3 is 8.80 Å². The van der Waals surface area contributed by atoms with Crippen LogP contribution >= 0.6 is 0 Å². The molecular formula is C24H28O3Si. The lowest BCUT2D eigenvalue weighted by molar-refractivity contribution is 0.0839. The zero-order chi connectivity index (χ0) is 20.1.